The number of nitrogens with one attached hydrogen (secondary N) is 1. The zero-order valence-corrected chi connectivity index (χ0v) is 47.0. The summed E-state index contributed by atoms with van der Waals surface area (Å²) < 4.78 is 58.1. The Morgan fingerprint density at radius 1 is 0.634 bits per heavy atom. The van der Waals surface area contributed by atoms with Crippen molar-refractivity contribution in [3.05, 3.63) is 226 Å². The number of carbonyl (C=O) groups is 4. The first-order valence-corrected chi connectivity index (χ1v) is 28.1. The van der Waals surface area contributed by atoms with Crippen LogP contribution in [0.2, 0.25) is 0 Å². The summed E-state index contributed by atoms with van der Waals surface area (Å²) in [6.07, 6.45) is 7.38. The minimum absolute atomic E-state index is 0.0940. The van der Waals surface area contributed by atoms with Crippen molar-refractivity contribution in [2.45, 2.75) is 69.7 Å². The molecular formula is C64H64N6O11S. The second kappa shape index (κ2) is 27.8. The highest BCUT2D eigenvalue weighted by molar-refractivity contribution is 7.91. The summed E-state index contributed by atoms with van der Waals surface area (Å²) in [6.45, 7) is 7.28. The molecule has 0 radical (unpaired) electrons. The van der Waals surface area contributed by atoms with Crippen LogP contribution < -0.4 is 24.3 Å². The van der Waals surface area contributed by atoms with E-state index in [0.29, 0.717) is 59.1 Å². The number of hydrogen-bond acceptors (Lipinski definition) is 15. The van der Waals surface area contributed by atoms with Crippen LogP contribution in [0.3, 0.4) is 0 Å². The van der Waals surface area contributed by atoms with E-state index in [-0.39, 0.29) is 17.7 Å². The molecule has 8 aromatic rings. The lowest BCUT2D eigenvalue weighted by atomic mass is 9.93. The molecule has 17 nitrogen and oxygen atoms in total. The van der Waals surface area contributed by atoms with Gasteiger partial charge in [-0.25, -0.2) is 13.2 Å². The number of sulfone groups is 1. The Kier molecular flexibility index (Phi) is 19.9. The predicted molar refractivity (Wildman–Crippen MR) is 311 cm³/mol. The Morgan fingerprint density at radius 2 is 1.12 bits per heavy atom. The van der Waals surface area contributed by atoms with Crippen molar-refractivity contribution in [3.8, 4) is 28.7 Å². The highest BCUT2D eigenvalue weighted by Crippen LogP contribution is 2.41. The average Bonchev–Trinajstić information content (AvgIpc) is 3.87. The first-order chi connectivity index (χ1) is 39.7. The lowest BCUT2D eigenvalue weighted by Crippen LogP contribution is -2.45. The van der Waals surface area contributed by atoms with E-state index in [1.165, 1.54) is 27.8 Å². The molecule has 2 aliphatic rings. The van der Waals surface area contributed by atoms with Crippen molar-refractivity contribution in [2.24, 2.45) is 0 Å². The number of fused-ring (bicyclic) bond motifs is 2. The maximum absolute atomic E-state index is 13.9. The fourth-order valence-corrected chi connectivity index (χ4v) is 10.6. The Labute approximate surface area is 477 Å². The molecule has 3 heterocycles. The summed E-state index contributed by atoms with van der Waals surface area (Å²) in [5.74, 6) is 1.99. The molecule has 2 aliphatic heterocycles. The van der Waals surface area contributed by atoms with E-state index in [1.54, 1.807) is 82.5 Å². The lowest BCUT2D eigenvalue weighted by Gasteiger charge is -2.38. The van der Waals surface area contributed by atoms with Crippen LogP contribution in [0.4, 0.5) is 4.79 Å². The topological polar surface area (TPSA) is 207 Å². The minimum Gasteiger partial charge on any atom is -0.493 e. The van der Waals surface area contributed by atoms with Crippen LogP contribution in [0.5, 0.6) is 23.0 Å². The number of nitrogens with zero attached hydrogens (tertiary/aromatic N) is 5. The lowest BCUT2D eigenvalue weighted by molar-refractivity contribution is 0.0162. The van der Waals surface area contributed by atoms with Crippen molar-refractivity contribution in [1.82, 2.24) is 30.4 Å². The maximum atomic E-state index is 13.9. The molecule has 0 aliphatic carbocycles. The molecule has 1 N–H and O–H groups in total. The standard InChI is InChI=1S/C30H33N5O6S.C26H25NO3.C8H6O2/c1-30(2,3)41-29(36)34-16-15-22-17-27(40-19-21-11-7-5-8-12-21)26(39-4)18-24(22)25(34)20-42(37,38)28-31-32-33-35(28)23-13-9-6-10-14-23;1-29-25-16-23-22(15-26(25)30-18-21-5-3-2-4-6-21)13-14-27-24(23)12-11-19-7-9-20(17-28)10-8-19;9-5-7-1-2-8(6-10)4-3-7/h5-14,17-18,25H,15-16,19-20H2,1-4H3;2-12,15-17,24,27H,13-14,18H2,1H3;1-6H/b;12-11+;. The number of para-hydroxylation sites is 1. The molecule has 1 aromatic heterocycles. The van der Waals surface area contributed by atoms with Gasteiger partial charge in [0.05, 0.1) is 37.7 Å². The molecule has 2 unspecified atom stereocenters. The second-order valence-corrected chi connectivity index (χ2v) is 22.0. The number of hydrogen-bond donors (Lipinski definition) is 1. The molecule has 422 valence electrons. The number of ether oxygens (including phenoxy) is 5. The van der Waals surface area contributed by atoms with E-state index in [0.717, 1.165) is 65.6 Å². The van der Waals surface area contributed by atoms with Crippen LogP contribution in [-0.2, 0) is 40.6 Å². The van der Waals surface area contributed by atoms with E-state index in [2.05, 4.69) is 57.3 Å². The molecule has 82 heavy (non-hydrogen) atoms. The highest BCUT2D eigenvalue weighted by atomic mass is 32.2. The Hall–Kier alpha value is -9.26. The van der Waals surface area contributed by atoms with E-state index < -0.39 is 33.3 Å². The summed E-state index contributed by atoms with van der Waals surface area (Å²) in [5, 5.41) is 14.6. The number of amides is 1. The SMILES string of the molecule is COc1cc2c(cc1OCc1ccccc1)CCN(C(=O)OC(C)(C)C)C2CS(=O)(=O)c1nnnn1-c1ccccc1.COc1cc2c(cc1OCc1ccccc1)CCNC2/C=C/c1ccc(C=O)cc1.O=Cc1ccc(C=O)cc1. The van der Waals surface area contributed by atoms with Crippen LogP contribution in [0.15, 0.2) is 175 Å². The van der Waals surface area contributed by atoms with Gasteiger partial charge in [0, 0.05) is 29.8 Å². The van der Waals surface area contributed by atoms with Gasteiger partial charge in [0.15, 0.2) is 23.0 Å². The molecule has 1 amide bonds. The van der Waals surface area contributed by atoms with Crippen molar-refractivity contribution in [3.63, 3.8) is 0 Å². The zero-order valence-electron chi connectivity index (χ0n) is 46.2. The number of benzene rings is 7. The molecule has 10 rings (SSSR count). The quantitative estimate of drug-likeness (QED) is 0.0841. The van der Waals surface area contributed by atoms with Gasteiger partial charge in [0.2, 0.25) is 9.84 Å². The monoisotopic (exact) mass is 1120 g/mol. The van der Waals surface area contributed by atoms with Gasteiger partial charge in [-0.2, -0.15) is 4.68 Å². The molecule has 0 spiro atoms. The largest absolute Gasteiger partial charge is 0.493 e. The summed E-state index contributed by atoms with van der Waals surface area (Å²) in [4.78, 5) is 45.9. The van der Waals surface area contributed by atoms with Crippen LogP contribution in [-0.4, -0.2) is 97.1 Å². The molecule has 0 fully saturated rings. The number of tetrazole rings is 1. The number of methoxy groups -OCH3 is 2. The second-order valence-electron chi connectivity index (χ2n) is 20.1. The Balaban J connectivity index is 0.000000190. The molecule has 0 bridgehead atoms. The Morgan fingerprint density at radius 3 is 1.62 bits per heavy atom. The van der Waals surface area contributed by atoms with Gasteiger partial charge in [-0.3, -0.25) is 19.3 Å². The predicted octanol–water partition coefficient (Wildman–Crippen LogP) is 10.9. The van der Waals surface area contributed by atoms with Crippen molar-refractivity contribution < 1.29 is 51.3 Å². The van der Waals surface area contributed by atoms with Crippen LogP contribution >= 0.6 is 0 Å². The number of rotatable bonds is 17. The van der Waals surface area contributed by atoms with Gasteiger partial charge < -0.3 is 29.0 Å². The van der Waals surface area contributed by atoms with E-state index in [9.17, 15) is 27.6 Å². The first-order valence-electron chi connectivity index (χ1n) is 26.5. The van der Waals surface area contributed by atoms with E-state index in [1.807, 2.05) is 84.9 Å². The fraction of sp³-hybridized carbons (Fsp3) is 0.234. The van der Waals surface area contributed by atoms with Crippen LogP contribution in [0.25, 0.3) is 11.8 Å². The van der Waals surface area contributed by atoms with Gasteiger partial charge in [0.1, 0.15) is 37.7 Å². The summed E-state index contributed by atoms with van der Waals surface area (Å²) >= 11 is 0. The molecule has 0 saturated carbocycles. The summed E-state index contributed by atoms with van der Waals surface area (Å²) in [5.41, 5.74) is 8.70. The third-order valence-corrected chi connectivity index (χ3v) is 14.8. The van der Waals surface area contributed by atoms with Gasteiger partial charge in [-0.05, 0) is 119 Å². The zero-order chi connectivity index (χ0) is 58.1. The number of aromatic nitrogens is 4. The summed E-state index contributed by atoms with van der Waals surface area (Å²) in [6, 6.07) is 49.6. The molecule has 7 aromatic carbocycles. The average molecular weight is 1130 g/mol. The fourth-order valence-electron chi connectivity index (χ4n) is 9.14. The normalized spacial score (nSPS) is 14.5. The Bertz CT molecular complexity index is 3550. The smallest absolute Gasteiger partial charge is 0.410 e. The van der Waals surface area contributed by atoms with E-state index >= 15 is 0 Å². The molecular weight excluding hydrogens is 1060 g/mol. The van der Waals surface area contributed by atoms with E-state index in [4.69, 9.17) is 23.7 Å². The number of carbonyl (C=O) groups excluding carboxylic acids is 4. The van der Waals surface area contributed by atoms with Crippen molar-refractivity contribution in [1.29, 1.82) is 0 Å². The third-order valence-electron chi connectivity index (χ3n) is 13.3. The molecule has 18 heteroatoms. The van der Waals surface area contributed by atoms with Gasteiger partial charge in [-0.15, -0.1) is 0 Å². The number of aldehydes is 3. The molecule has 0 saturated heterocycles. The maximum Gasteiger partial charge on any atom is 0.410 e. The van der Waals surface area contributed by atoms with Gasteiger partial charge in [0.25, 0.3) is 5.16 Å². The van der Waals surface area contributed by atoms with Gasteiger partial charge in [-0.1, -0.05) is 145 Å². The first kappa shape index (κ1) is 58.9. The van der Waals surface area contributed by atoms with Crippen LogP contribution in [0, 0.1) is 0 Å². The van der Waals surface area contributed by atoms with Crippen LogP contribution in [0.1, 0.15) is 103 Å². The minimum atomic E-state index is -4.12. The third kappa shape index (κ3) is 15.6. The molecule has 2 atom stereocenters. The highest BCUT2D eigenvalue weighted by Gasteiger charge is 2.39. The van der Waals surface area contributed by atoms with Gasteiger partial charge >= 0.3 is 6.09 Å². The van der Waals surface area contributed by atoms with Crippen molar-refractivity contribution >= 4 is 40.9 Å². The van der Waals surface area contributed by atoms with Crippen molar-refractivity contribution in [2.75, 3.05) is 33.1 Å². The summed E-state index contributed by atoms with van der Waals surface area (Å²) in [7, 11) is -0.926.